The van der Waals surface area contributed by atoms with E-state index in [1.165, 1.54) is 6.07 Å². The van der Waals surface area contributed by atoms with E-state index in [9.17, 15) is 9.18 Å². The first-order chi connectivity index (χ1) is 8.16. The van der Waals surface area contributed by atoms with Gasteiger partial charge >= 0.3 is 0 Å². The standard InChI is InChI=1S/C13H15ClFNO/c14-11-8-9(4-5-12(11)15)6-7-16-13(17)10-2-1-3-10/h4-5,8,10H,1-3,6-7H2,(H,16,17). The van der Waals surface area contributed by atoms with E-state index < -0.39 is 5.82 Å². The molecule has 0 aromatic heterocycles. The Labute approximate surface area is 105 Å². The fraction of sp³-hybridized carbons (Fsp3) is 0.462. The Hall–Kier alpha value is -1.09. The van der Waals surface area contributed by atoms with Crippen molar-refractivity contribution in [2.75, 3.05) is 6.54 Å². The minimum absolute atomic E-state index is 0.132. The van der Waals surface area contributed by atoms with Crippen molar-refractivity contribution >= 4 is 17.5 Å². The van der Waals surface area contributed by atoms with Crippen LogP contribution in [0.5, 0.6) is 0 Å². The van der Waals surface area contributed by atoms with Crippen LogP contribution >= 0.6 is 11.6 Å². The SMILES string of the molecule is O=C(NCCc1ccc(F)c(Cl)c1)C1CCC1. The highest BCUT2D eigenvalue weighted by molar-refractivity contribution is 6.30. The van der Waals surface area contributed by atoms with E-state index in [2.05, 4.69) is 5.32 Å². The minimum atomic E-state index is -0.408. The molecule has 0 saturated heterocycles. The van der Waals surface area contributed by atoms with Gasteiger partial charge in [0.15, 0.2) is 0 Å². The molecule has 2 rings (SSSR count). The Morgan fingerprint density at radius 2 is 2.24 bits per heavy atom. The maximum atomic E-state index is 12.9. The normalized spacial score (nSPS) is 15.4. The van der Waals surface area contributed by atoms with Crippen LogP contribution in [0.25, 0.3) is 0 Å². The van der Waals surface area contributed by atoms with E-state index in [1.807, 2.05) is 0 Å². The molecule has 1 amide bonds. The molecule has 0 heterocycles. The third kappa shape index (κ3) is 3.19. The van der Waals surface area contributed by atoms with Gasteiger partial charge in [-0.2, -0.15) is 0 Å². The number of hydrogen-bond acceptors (Lipinski definition) is 1. The summed E-state index contributed by atoms with van der Waals surface area (Å²) in [5, 5.41) is 3.02. The highest BCUT2D eigenvalue weighted by atomic mass is 35.5. The molecule has 2 nitrogen and oxygen atoms in total. The molecule has 1 fully saturated rings. The van der Waals surface area contributed by atoms with E-state index >= 15 is 0 Å². The van der Waals surface area contributed by atoms with Crippen LogP contribution in [0.2, 0.25) is 5.02 Å². The van der Waals surface area contributed by atoms with Gasteiger partial charge < -0.3 is 5.32 Å². The molecule has 0 spiro atoms. The van der Waals surface area contributed by atoms with Crippen molar-refractivity contribution < 1.29 is 9.18 Å². The van der Waals surface area contributed by atoms with Crippen molar-refractivity contribution in [3.63, 3.8) is 0 Å². The molecule has 0 radical (unpaired) electrons. The van der Waals surface area contributed by atoms with Gasteiger partial charge in [0, 0.05) is 12.5 Å². The predicted octanol–water partition coefficient (Wildman–Crippen LogP) is 2.94. The summed E-state index contributed by atoms with van der Waals surface area (Å²) in [4.78, 5) is 11.5. The number of nitrogens with one attached hydrogen (secondary N) is 1. The van der Waals surface area contributed by atoms with Crippen molar-refractivity contribution in [3.05, 3.63) is 34.6 Å². The van der Waals surface area contributed by atoms with Crippen LogP contribution in [0.3, 0.4) is 0 Å². The summed E-state index contributed by atoms with van der Waals surface area (Å²) in [6.07, 6.45) is 3.85. The number of carbonyl (C=O) groups excluding carboxylic acids is 1. The Morgan fingerprint density at radius 1 is 1.47 bits per heavy atom. The van der Waals surface area contributed by atoms with Gasteiger partial charge in [-0.05, 0) is 37.0 Å². The van der Waals surface area contributed by atoms with Gasteiger partial charge in [0.1, 0.15) is 5.82 Å². The van der Waals surface area contributed by atoms with Gasteiger partial charge in [0.25, 0.3) is 0 Å². The summed E-state index contributed by atoms with van der Waals surface area (Å²) < 4.78 is 12.9. The van der Waals surface area contributed by atoms with Gasteiger partial charge in [0.2, 0.25) is 5.91 Å². The molecule has 4 heteroatoms. The summed E-state index contributed by atoms with van der Waals surface area (Å²) in [6.45, 7) is 0.581. The second kappa shape index (κ2) is 5.50. The molecule has 17 heavy (non-hydrogen) atoms. The van der Waals surface area contributed by atoms with Gasteiger partial charge in [-0.15, -0.1) is 0 Å². The number of benzene rings is 1. The van der Waals surface area contributed by atoms with Gasteiger partial charge in [-0.25, -0.2) is 4.39 Å². The Bertz CT molecular complexity index is 418. The lowest BCUT2D eigenvalue weighted by molar-refractivity contribution is -0.127. The highest BCUT2D eigenvalue weighted by Gasteiger charge is 2.24. The van der Waals surface area contributed by atoms with Crippen LogP contribution in [0.15, 0.2) is 18.2 Å². The molecule has 0 atom stereocenters. The summed E-state index contributed by atoms with van der Waals surface area (Å²) in [6, 6.07) is 4.65. The lowest BCUT2D eigenvalue weighted by Gasteiger charge is -2.24. The van der Waals surface area contributed by atoms with E-state index in [1.54, 1.807) is 12.1 Å². The lowest BCUT2D eigenvalue weighted by Crippen LogP contribution is -2.35. The molecule has 1 aliphatic rings. The lowest BCUT2D eigenvalue weighted by atomic mass is 9.85. The van der Waals surface area contributed by atoms with Crippen molar-refractivity contribution in [2.24, 2.45) is 5.92 Å². The molecule has 1 aromatic rings. The van der Waals surface area contributed by atoms with Crippen LogP contribution in [-0.4, -0.2) is 12.5 Å². The van der Waals surface area contributed by atoms with Gasteiger partial charge in [-0.1, -0.05) is 24.1 Å². The van der Waals surface area contributed by atoms with Crippen LogP contribution in [0.1, 0.15) is 24.8 Å². The number of hydrogen-bond donors (Lipinski definition) is 1. The molecule has 0 unspecified atom stereocenters. The van der Waals surface area contributed by atoms with Gasteiger partial charge in [-0.3, -0.25) is 4.79 Å². The van der Waals surface area contributed by atoms with Crippen LogP contribution in [0, 0.1) is 11.7 Å². The zero-order chi connectivity index (χ0) is 12.3. The summed E-state index contributed by atoms with van der Waals surface area (Å²) in [5.74, 6) is -0.0508. The maximum absolute atomic E-state index is 12.9. The van der Waals surface area contributed by atoms with Crippen LogP contribution < -0.4 is 5.32 Å². The summed E-state index contributed by atoms with van der Waals surface area (Å²) in [5.41, 5.74) is 0.935. The van der Waals surface area contributed by atoms with Crippen LogP contribution in [-0.2, 0) is 11.2 Å². The largest absolute Gasteiger partial charge is 0.356 e. The monoisotopic (exact) mass is 255 g/mol. The van der Waals surface area contributed by atoms with Gasteiger partial charge in [0.05, 0.1) is 5.02 Å². The van der Waals surface area contributed by atoms with Crippen molar-refractivity contribution in [1.29, 1.82) is 0 Å². The smallest absolute Gasteiger partial charge is 0.223 e. The Kier molecular flexibility index (Phi) is 4.00. The zero-order valence-electron chi connectivity index (χ0n) is 9.51. The average Bonchev–Trinajstić information content (AvgIpc) is 2.21. The number of carbonyl (C=O) groups is 1. The van der Waals surface area contributed by atoms with Crippen molar-refractivity contribution in [1.82, 2.24) is 5.32 Å². The van der Waals surface area contributed by atoms with Crippen molar-refractivity contribution in [2.45, 2.75) is 25.7 Å². The third-order valence-electron chi connectivity index (χ3n) is 3.17. The second-order valence-electron chi connectivity index (χ2n) is 4.42. The Morgan fingerprint density at radius 3 is 2.82 bits per heavy atom. The van der Waals surface area contributed by atoms with E-state index in [-0.39, 0.29) is 16.8 Å². The third-order valence-corrected chi connectivity index (χ3v) is 3.46. The molecule has 1 aliphatic carbocycles. The second-order valence-corrected chi connectivity index (χ2v) is 4.82. The summed E-state index contributed by atoms with van der Waals surface area (Å²) in [7, 11) is 0. The molecule has 1 aromatic carbocycles. The van der Waals surface area contributed by atoms with Crippen LogP contribution in [0.4, 0.5) is 4.39 Å². The molecular weight excluding hydrogens is 241 g/mol. The van der Waals surface area contributed by atoms with E-state index in [0.717, 1.165) is 24.8 Å². The molecule has 92 valence electrons. The molecular formula is C13H15ClFNO. The topological polar surface area (TPSA) is 29.1 Å². The fourth-order valence-corrected chi connectivity index (χ4v) is 2.04. The fourth-order valence-electron chi connectivity index (χ4n) is 1.84. The predicted molar refractivity (Wildman–Crippen MR) is 65.5 cm³/mol. The molecule has 0 bridgehead atoms. The first-order valence-electron chi connectivity index (χ1n) is 5.88. The molecule has 0 aliphatic heterocycles. The average molecular weight is 256 g/mol. The first kappa shape index (κ1) is 12.4. The zero-order valence-corrected chi connectivity index (χ0v) is 10.3. The summed E-state index contributed by atoms with van der Waals surface area (Å²) >= 11 is 5.67. The Balaban J connectivity index is 1.77. The maximum Gasteiger partial charge on any atom is 0.223 e. The highest BCUT2D eigenvalue weighted by Crippen LogP contribution is 2.26. The first-order valence-corrected chi connectivity index (χ1v) is 6.26. The number of rotatable bonds is 4. The molecule has 1 saturated carbocycles. The number of halogens is 2. The molecule has 1 N–H and O–H groups in total. The van der Waals surface area contributed by atoms with E-state index in [4.69, 9.17) is 11.6 Å². The van der Waals surface area contributed by atoms with Crippen molar-refractivity contribution in [3.8, 4) is 0 Å². The number of amides is 1. The minimum Gasteiger partial charge on any atom is -0.356 e. The van der Waals surface area contributed by atoms with E-state index in [0.29, 0.717) is 13.0 Å². The quantitative estimate of drug-likeness (QED) is 0.881.